The van der Waals surface area contributed by atoms with E-state index in [0.29, 0.717) is 10.9 Å². The molecule has 10 heteroatoms. The maximum absolute atomic E-state index is 14.4. The lowest BCUT2D eigenvalue weighted by molar-refractivity contribution is -0.151. The molecule has 8 nitrogen and oxygen atoms in total. The van der Waals surface area contributed by atoms with Crippen molar-refractivity contribution in [3.8, 4) is 11.5 Å². The summed E-state index contributed by atoms with van der Waals surface area (Å²) in [5, 5.41) is 13.2. The second-order valence-electron chi connectivity index (χ2n) is 7.30. The molecule has 0 aliphatic heterocycles. The lowest BCUT2D eigenvalue weighted by Crippen LogP contribution is -2.41. The fourth-order valence-electron chi connectivity index (χ4n) is 3.25. The van der Waals surface area contributed by atoms with Gasteiger partial charge in [0.25, 0.3) is 5.91 Å². The number of hydrogen-bond acceptors (Lipinski definition) is 6. The molecule has 0 radical (unpaired) electrons. The van der Waals surface area contributed by atoms with Crippen LogP contribution in [0.2, 0.25) is 0 Å². The summed E-state index contributed by atoms with van der Waals surface area (Å²) in [5.74, 6) is -2.17. The van der Waals surface area contributed by atoms with Crippen LogP contribution in [0.1, 0.15) is 37.3 Å². The summed E-state index contributed by atoms with van der Waals surface area (Å²) >= 11 is 3.41. The summed E-state index contributed by atoms with van der Waals surface area (Å²) in [5.41, 5.74) is 0.126. The van der Waals surface area contributed by atoms with E-state index in [9.17, 15) is 19.1 Å². The standard InChI is InChI=1S/C22H23BrFN3O5/c1-11(26-21(29)18-20(28)17(31-4)7-9-25-18)22(30)32-13(3)12(2)27-10-8-14-15(23)5-6-16(24)19(14)27/h5-13,28H,1-4H3,(H,26,29). The van der Waals surface area contributed by atoms with Crippen molar-refractivity contribution in [3.63, 3.8) is 0 Å². The Bertz CT molecular complexity index is 1170. The Hall–Kier alpha value is -3.14. The van der Waals surface area contributed by atoms with Crippen molar-refractivity contribution in [2.24, 2.45) is 0 Å². The van der Waals surface area contributed by atoms with Gasteiger partial charge in [-0.3, -0.25) is 4.79 Å². The summed E-state index contributed by atoms with van der Waals surface area (Å²) in [4.78, 5) is 28.8. The second kappa shape index (κ2) is 9.56. The largest absolute Gasteiger partial charge is 0.503 e. The lowest BCUT2D eigenvalue weighted by Gasteiger charge is -2.24. The molecule has 0 saturated carbocycles. The molecule has 2 heterocycles. The normalized spacial score (nSPS) is 13.9. The van der Waals surface area contributed by atoms with Crippen LogP contribution >= 0.6 is 15.9 Å². The molecule has 0 aliphatic carbocycles. The minimum absolute atomic E-state index is 0.0839. The minimum Gasteiger partial charge on any atom is -0.503 e. The molecule has 0 spiro atoms. The number of esters is 1. The number of pyridine rings is 1. The van der Waals surface area contributed by atoms with E-state index in [-0.39, 0.29) is 23.3 Å². The number of aromatic nitrogens is 2. The van der Waals surface area contributed by atoms with Crippen molar-refractivity contribution in [1.82, 2.24) is 14.9 Å². The highest BCUT2D eigenvalue weighted by atomic mass is 79.9. The van der Waals surface area contributed by atoms with Gasteiger partial charge >= 0.3 is 5.97 Å². The third-order valence-corrected chi connectivity index (χ3v) is 5.91. The number of hydrogen-bond donors (Lipinski definition) is 2. The third-order valence-electron chi connectivity index (χ3n) is 5.22. The van der Waals surface area contributed by atoms with Gasteiger partial charge in [0.05, 0.1) is 18.7 Å². The highest BCUT2D eigenvalue weighted by Crippen LogP contribution is 2.31. The first kappa shape index (κ1) is 23.5. The first-order valence-electron chi connectivity index (χ1n) is 9.83. The maximum atomic E-state index is 14.4. The summed E-state index contributed by atoms with van der Waals surface area (Å²) in [6.45, 7) is 4.95. The number of amides is 1. The zero-order valence-electron chi connectivity index (χ0n) is 17.9. The average Bonchev–Trinajstić information content (AvgIpc) is 3.22. The van der Waals surface area contributed by atoms with Crippen molar-refractivity contribution >= 4 is 38.7 Å². The van der Waals surface area contributed by atoms with Crippen LogP contribution in [0.25, 0.3) is 10.9 Å². The van der Waals surface area contributed by atoms with E-state index in [1.165, 1.54) is 32.4 Å². The van der Waals surface area contributed by atoms with Crippen molar-refractivity contribution in [2.75, 3.05) is 7.11 Å². The molecule has 0 aliphatic rings. The number of carbonyl (C=O) groups is 2. The molecule has 0 saturated heterocycles. The Morgan fingerprint density at radius 3 is 2.62 bits per heavy atom. The predicted molar refractivity (Wildman–Crippen MR) is 119 cm³/mol. The van der Waals surface area contributed by atoms with E-state index in [0.717, 1.165) is 4.47 Å². The number of methoxy groups -OCH3 is 1. The minimum atomic E-state index is -1.02. The molecule has 32 heavy (non-hydrogen) atoms. The fraction of sp³-hybridized carbons (Fsp3) is 0.318. The lowest BCUT2D eigenvalue weighted by atomic mass is 10.2. The molecular weight excluding hydrogens is 485 g/mol. The van der Waals surface area contributed by atoms with Crippen LogP contribution in [0.3, 0.4) is 0 Å². The van der Waals surface area contributed by atoms with E-state index in [1.54, 1.807) is 36.7 Å². The zero-order valence-corrected chi connectivity index (χ0v) is 19.5. The van der Waals surface area contributed by atoms with Crippen molar-refractivity contribution in [3.05, 3.63) is 52.6 Å². The number of carbonyl (C=O) groups excluding carboxylic acids is 2. The van der Waals surface area contributed by atoms with Crippen LogP contribution in [0.5, 0.6) is 11.5 Å². The van der Waals surface area contributed by atoms with Gasteiger partial charge in [-0.25, -0.2) is 14.2 Å². The molecule has 3 aromatic rings. The van der Waals surface area contributed by atoms with E-state index in [1.807, 2.05) is 0 Å². The van der Waals surface area contributed by atoms with Gasteiger partial charge in [-0.05, 0) is 39.0 Å². The molecule has 2 N–H and O–H groups in total. The Morgan fingerprint density at radius 1 is 1.22 bits per heavy atom. The van der Waals surface area contributed by atoms with Gasteiger partial charge < -0.3 is 24.5 Å². The third kappa shape index (κ3) is 4.55. The van der Waals surface area contributed by atoms with Gasteiger partial charge in [0.1, 0.15) is 18.0 Å². The van der Waals surface area contributed by atoms with Crippen molar-refractivity contribution in [2.45, 2.75) is 39.0 Å². The Morgan fingerprint density at radius 2 is 1.94 bits per heavy atom. The number of benzene rings is 1. The number of fused-ring (bicyclic) bond motifs is 1. The number of halogens is 2. The molecule has 0 bridgehead atoms. The molecule has 3 unspecified atom stereocenters. The number of nitrogens with zero attached hydrogens (tertiary/aromatic N) is 2. The van der Waals surface area contributed by atoms with Crippen LogP contribution in [-0.2, 0) is 9.53 Å². The molecule has 1 aromatic carbocycles. The van der Waals surface area contributed by atoms with Crippen LogP contribution in [0, 0.1) is 5.82 Å². The summed E-state index contributed by atoms with van der Waals surface area (Å²) in [6, 6.07) is 4.79. The SMILES string of the molecule is COc1ccnc(C(=O)NC(C)C(=O)OC(C)C(C)n2ccc3c(Br)ccc(F)c32)c1O. The van der Waals surface area contributed by atoms with Gasteiger partial charge in [-0.15, -0.1) is 0 Å². The molecule has 1 amide bonds. The van der Waals surface area contributed by atoms with E-state index < -0.39 is 29.8 Å². The molecule has 0 fully saturated rings. The van der Waals surface area contributed by atoms with E-state index in [2.05, 4.69) is 26.2 Å². The molecule has 3 atom stereocenters. The van der Waals surface area contributed by atoms with Gasteiger partial charge in [-0.1, -0.05) is 15.9 Å². The van der Waals surface area contributed by atoms with Gasteiger partial charge in [-0.2, -0.15) is 0 Å². The topological polar surface area (TPSA) is 103 Å². The van der Waals surface area contributed by atoms with Gasteiger partial charge in [0, 0.05) is 28.3 Å². The Balaban J connectivity index is 1.69. The molecule has 170 valence electrons. The highest BCUT2D eigenvalue weighted by molar-refractivity contribution is 9.10. The fourth-order valence-corrected chi connectivity index (χ4v) is 3.70. The summed E-state index contributed by atoms with van der Waals surface area (Å²) in [7, 11) is 1.35. The maximum Gasteiger partial charge on any atom is 0.328 e. The molecular formula is C22H23BrFN3O5. The van der Waals surface area contributed by atoms with Crippen molar-refractivity contribution < 1.29 is 28.6 Å². The van der Waals surface area contributed by atoms with Crippen LogP contribution < -0.4 is 10.1 Å². The van der Waals surface area contributed by atoms with Gasteiger partial charge in [0.2, 0.25) is 0 Å². The summed E-state index contributed by atoms with van der Waals surface area (Å²) in [6.07, 6.45) is 2.41. The number of rotatable bonds is 7. The smallest absolute Gasteiger partial charge is 0.328 e. The zero-order chi connectivity index (χ0) is 23.6. The van der Waals surface area contributed by atoms with Crippen LogP contribution in [0.4, 0.5) is 4.39 Å². The Labute approximate surface area is 192 Å². The number of nitrogens with one attached hydrogen (secondary N) is 1. The second-order valence-corrected chi connectivity index (χ2v) is 8.16. The Kier molecular flexibility index (Phi) is 7.02. The van der Waals surface area contributed by atoms with Crippen molar-refractivity contribution in [1.29, 1.82) is 0 Å². The predicted octanol–water partition coefficient (Wildman–Crippen LogP) is 3.96. The first-order valence-corrected chi connectivity index (χ1v) is 10.6. The molecule has 2 aromatic heterocycles. The first-order chi connectivity index (χ1) is 15.1. The quantitative estimate of drug-likeness (QED) is 0.469. The number of aromatic hydroxyl groups is 1. The average molecular weight is 508 g/mol. The van der Waals surface area contributed by atoms with Crippen LogP contribution in [0.15, 0.2) is 41.1 Å². The number of ether oxygens (including phenoxy) is 2. The van der Waals surface area contributed by atoms with Crippen LogP contribution in [-0.4, -0.2) is 45.8 Å². The molecule has 3 rings (SSSR count). The van der Waals surface area contributed by atoms with E-state index >= 15 is 0 Å². The van der Waals surface area contributed by atoms with Gasteiger partial charge in [0.15, 0.2) is 17.2 Å². The monoisotopic (exact) mass is 507 g/mol. The highest BCUT2D eigenvalue weighted by Gasteiger charge is 2.26. The summed E-state index contributed by atoms with van der Waals surface area (Å²) < 4.78 is 27.4. The van der Waals surface area contributed by atoms with E-state index in [4.69, 9.17) is 9.47 Å².